The third-order valence-electron chi connectivity index (χ3n) is 5.64. The van der Waals surface area contributed by atoms with Gasteiger partial charge in [0.2, 0.25) is 0 Å². The summed E-state index contributed by atoms with van der Waals surface area (Å²) in [7, 11) is -1.13. The molecule has 154 valence electrons. The fraction of sp³-hybridized carbons (Fsp3) is 0.375. The van der Waals surface area contributed by atoms with Crippen LogP contribution in [0.15, 0.2) is 65.8 Å². The molecule has 0 radical (unpaired) electrons. The van der Waals surface area contributed by atoms with Gasteiger partial charge in [0.05, 0.1) is 27.6 Å². The van der Waals surface area contributed by atoms with Gasteiger partial charge in [0.25, 0.3) is 0 Å². The summed E-state index contributed by atoms with van der Waals surface area (Å²) in [6.07, 6.45) is 7.63. The molecule has 2 atom stereocenters. The fourth-order valence-corrected chi connectivity index (χ4v) is 5.69. The average Bonchev–Trinajstić information content (AvgIpc) is 2.88. The van der Waals surface area contributed by atoms with Crippen molar-refractivity contribution in [2.24, 2.45) is 5.41 Å². The van der Waals surface area contributed by atoms with Crippen LogP contribution in [0.25, 0.3) is 0 Å². The number of carbonyl (C=O) groups excluding carboxylic acids is 1. The Bertz CT molecular complexity index is 881. The van der Waals surface area contributed by atoms with Crippen molar-refractivity contribution in [3.05, 3.63) is 60.9 Å². The van der Waals surface area contributed by atoms with Gasteiger partial charge in [0, 0.05) is 24.1 Å². The predicted molar refractivity (Wildman–Crippen MR) is 119 cm³/mol. The molecule has 3 rings (SSSR count). The number of anilines is 2. The first-order chi connectivity index (χ1) is 14.1. The maximum absolute atomic E-state index is 13.5. The second-order valence-corrected chi connectivity index (χ2v) is 9.00. The van der Waals surface area contributed by atoms with Crippen LogP contribution in [-0.2, 0) is 15.6 Å². The summed E-state index contributed by atoms with van der Waals surface area (Å²) in [4.78, 5) is 13.6. The third-order valence-corrected chi connectivity index (χ3v) is 7.33. The van der Waals surface area contributed by atoms with E-state index >= 15 is 0 Å². The van der Waals surface area contributed by atoms with Crippen LogP contribution in [-0.4, -0.2) is 22.8 Å². The van der Waals surface area contributed by atoms with E-state index in [0.717, 1.165) is 48.5 Å². The highest BCUT2D eigenvalue weighted by atomic mass is 32.2. The van der Waals surface area contributed by atoms with Gasteiger partial charge in [-0.15, -0.1) is 0 Å². The Morgan fingerprint density at radius 1 is 1.17 bits per heavy atom. The monoisotopic (exact) mass is 411 g/mol. The number of unbranched alkanes of at least 4 members (excludes halogenated alkanes) is 1. The lowest BCUT2D eigenvalue weighted by Crippen LogP contribution is -2.37. The average molecular weight is 412 g/mol. The van der Waals surface area contributed by atoms with E-state index in [2.05, 4.69) is 30.9 Å². The Hall–Kier alpha value is -2.40. The van der Waals surface area contributed by atoms with Crippen molar-refractivity contribution in [1.29, 1.82) is 0 Å². The zero-order chi connectivity index (χ0) is 20.7. The number of para-hydroxylation sites is 1. The molecule has 0 amide bonds. The maximum atomic E-state index is 13.5. The van der Waals surface area contributed by atoms with Crippen LogP contribution >= 0.6 is 0 Å². The van der Waals surface area contributed by atoms with Gasteiger partial charge >= 0.3 is 0 Å². The van der Waals surface area contributed by atoms with E-state index < -0.39 is 10.8 Å². The van der Waals surface area contributed by atoms with E-state index in [1.165, 1.54) is 12.3 Å². The molecule has 29 heavy (non-hydrogen) atoms. The summed E-state index contributed by atoms with van der Waals surface area (Å²) in [5, 5.41) is 0. The number of hydrogen-bond donors (Lipinski definition) is 0. The van der Waals surface area contributed by atoms with E-state index in [0.29, 0.717) is 17.8 Å². The molecular formula is C24H29NO3S. The number of carbonyl (C=O) groups is 1. The molecule has 0 fully saturated rings. The standard InChI is InChI=1S/C24H29NO3S/c1-3-5-14-24(4-2)18-25(20-10-7-6-8-11-20)22-13-12-21(28-16-9-15-26)17-23(22)29(27)19-24/h6-13,15-17H,3-5,14,18-19H2,1-2H3/b16-9+. The number of fused-ring (bicyclic) bond motifs is 1. The minimum atomic E-state index is -1.13. The smallest absolute Gasteiger partial charge is 0.145 e. The summed E-state index contributed by atoms with van der Waals surface area (Å²) in [6.45, 7) is 5.26. The number of nitrogens with zero attached hydrogens (tertiary/aromatic N) is 1. The molecule has 5 heteroatoms. The molecule has 2 unspecified atom stereocenters. The van der Waals surface area contributed by atoms with E-state index in [4.69, 9.17) is 4.74 Å². The van der Waals surface area contributed by atoms with Crippen LogP contribution in [0.4, 0.5) is 11.4 Å². The van der Waals surface area contributed by atoms with Gasteiger partial charge in [-0.2, -0.15) is 0 Å². The second kappa shape index (κ2) is 9.88. The van der Waals surface area contributed by atoms with Crippen LogP contribution in [0.5, 0.6) is 5.75 Å². The quantitative estimate of drug-likeness (QED) is 0.321. The molecular weight excluding hydrogens is 382 g/mol. The van der Waals surface area contributed by atoms with Gasteiger partial charge in [0.15, 0.2) is 0 Å². The molecule has 1 aliphatic rings. The Morgan fingerprint density at radius 3 is 2.66 bits per heavy atom. The van der Waals surface area contributed by atoms with Gasteiger partial charge in [0.1, 0.15) is 12.0 Å². The largest absolute Gasteiger partial charge is 0.465 e. The highest BCUT2D eigenvalue weighted by Crippen LogP contribution is 2.43. The van der Waals surface area contributed by atoms with Crippen molar-refractivity contribution in [1.82, 2.24) is 0 Å². The lowest BCUT2D eigenvalue weighted by atomic mass is 9.81. The first kappa shape index (κ1) is 21.3. The van der Waals surface area contributed by atoms with Gasteiger partial charge in [-0.3, -0.25) is 9.00 Å². The summed E-state index contributed by atoms with van der Waals surface area (Å²) >= 11 is 0. The second-order valence-electron chi connectivity index (χ2n) is 7.58. The van der Waals surface area contributed by atoms with Crippen LogP contribution in [0.2, 0.25) is 0 Å². The molecule has 0 saturated carbocycles. The lowest BCUT2D eigenvalue weighted by Gasteiger charge is -2.36. The van der Waals surface area contributed by atoms with E-state index in [1.54, 1.807) is 0 Å². The number of allylic oxidation sites excluding steroid dienone is 1. The molecule has 0 spiro atoms. The first-order valence-corrected chi connectivity index (χ1v) is 11.6. The van der Waals surface area contributed by atoms with Crippen LogP contribution in [0.1, 0.15) is 39.5 Å². The normalized spacial score (nSPS) is 21.6. The van der Waals surface area contributed by atoms with Crippen molar-refractivity contribution in [2.45, 2.75) is 44.4 Å². The molecule has 1 heterocycles. The SMILES string of the molecule is CCCCC1(CC)CN(c2ccccc2)c2ccc(O/C=C/C=O)cc2S(=O)C1. The topological polar surface area (TPSA) is 46.6 Å². The molecule has 0 aliphatic carbocycles. The highest BCUT2D eigenvalue weighted by Gasteiger charge is 2.37. The van der Waals surface area contributed by atoms with Crippen molar-refractivity contribution in [3.8, 4) is 5.75 Å². The first-order valence-electron chi connectivity index (χ1n) is 10.2. The van der Waals surface area contributed by atoms with Crippen molar-refractivity contribution in [3.63, 3.8) is 0 Å². The van der Waals surface area contributed by atoms with E-state index in [1.807, 2.05) is 36.4 Å². The summed E-state index contributed by atoms with van der Waals surface area (Å²) < 4.78 is 19.0. The van der Waals surface area contributed by atoms with Crippen molar-refractivity contribution >= 4 is 28.5 Å². The highest BCUT2D eigenvalue weighted by molar-refractivity contribution is 7.85. The third kappa shape index (κ3) is 4.96. The van der Waals surface area contributed by atoms with E-state index in [-0.39, 0.29) is 5.41 Å². The van der Waals surface area contributed by atoms with Gasteiger partial charge in [-0.25, -0.2) is 0 Å². The zero-order valence-corrected chi connectivity index (χ0v) is 18.0. The van der Waals surface area contributed by atoms with E-state index in [9.17, 15) is 9.00 Å². The predicted octanol–water partition coefficient (Wildman–Crippen LogP) is 5.62. The minimum absolute atomic E-state index is 0.00578. The van der Waals surface area contributed by atoms with Gasteiger partial charge in [-0.1, -0.05) is 44.9 Å². The molecule has 0 saturated heterocycles. The van der Waals surface area contributed by atoms with Crippen molar-refractivity contribution < 1.29 is 13.7 Å². The van der Waals surface area contributed by atoms with Gasteiger partial charge in [-0.05, 0) is 48.6 Å². The number of ether oxygens (including phenoxy) is 1. The summed E-state index contributed by atoms with van der Waals surface area (Å²) in [5.41, 5.74) is 2.07. The molecule has 4 nitrogen and oxygen atoms in total. The summed E-state index contributed by atoms with van der Waals surface area (Å²) in [5.74, 6) is 1.23. The Labute approximate surface area is 176 Å². The van der Waals surface area contributed by atoms with Gasteiger partial charge < -0.3 is 9.64 Å². The molecule has 2 aromatic carbocycles. The minimum Gasteiger partial charge on any atom is -0.465 e. The van der Waals surface area contributed by atoms with Crippen LogP contribution < -0.4 is 9.64 Å². The summed E-state index contributed by atoms with van der Waals surface area (Å²) in [6, 6.07) is 16.0. The molecule has 1 aliphatic heterocycles. The Kier molecular flexibility index (Phi) is 7.26. The Balaban J connectivity index is 2.07. The number of hydrogen-bond acceptors (Lipinski definition) is 4. The molecule has 0 N–H and O–H groups in total. The number of aldehydes is 1. The van der Waals surface area contributed by atoms with Crippen LogP contribution in [0.3, 0.4) is 0 Å². The molecule has 2 aromatic rings. The van der Waals surface area contributed by atoms with Crippen molar-refractivity contribution in [2.75, 3.05) is 17.2 Å². The molecule has 0 bridgehead atoms. The molecule has 0 aromatic heterocycles. The maximum Gasteiger partial charge on any atom is 0.145 e. The number of benzene rings is 2. The Morgan fingerprint density at radius 2 is 1.97 bits per heavy atom. The lowest BCUT2D eigenvalue weighted by molar-refractivity contribution is -0.104. The zero-order valence-electron chi connectivity index (χ0n) is 17.2. The fourth-order valence-electron chi connectivity index (χ4n) is 3.88. The van der Waals surface area contributed by atoms with Crippen LogP contribution in [0, 0.1) is 5.41 Å². The number of rotatable bonds is 8.